The summed E-state index contributed by atoms with van der Waals surface area (Å²) in [4.78, 5) is 0. The fourth-order valence-electron chi connectivity index (χ4n) is 4.40. The summed E-state index contributed by atoms with van der Waals surface area (Å²) in [6, 6.07) is 0. The highest BCUT2D eigenvalue weighted by Gasteiger charge is 2.75. The van der Waals surface area contributed by atoms with E-state index in [2.05, 4.69) is 13.8 Å². The fraction of sp³-hybridized carbons (Fsp3) is 1.00. The largest absolute Gasteiger partial charge is 0.0648 e. The summed E-state index contributed by atoms with van der Waals surface area (Å²) in [6.45, 7) is 4.88. The maximum Gasteiger partial charge on any atom is -0.0232 e. The van der Waals surface area contributed by atoms with Crippen molar-refractivity contribution < 1.29 is 0 Å². The van der Waals surface area contributed by atoms with Crippen molar-refractivity contribution in [2.24, 2.45) is 29.1 Å². The zero-order chi connectivity index (χ0) is 6.93. The zero-order valence-corrected chi connectivity index (χ0v) is 6.93. The van der Waals surface area contributed by atoms with Crippen LogP contribution < -0.4 is 0 Å². The van der Waals surface area contributed by atoms with Crippen LogP contribution in [0.4, 0.5) is 0 Å². The Balaban J connectivity index is 2.01. The van der Waals surface area contributed by atoms with Crippen molar-refractivity contribution in [1.29, 1.82) is 0 Å². The summed E-state index contributed by atoms with van der Waals surface area (Å²) in [6.07, 6.45) is 4.67. The van der Waals surface area contributed by atoms with E-state index in [1.54, 1.807) is 12.8 Å². The molecule has 10 heavy (non-hydrogen) atoms. The number of rotatable bonds is 1. The standard InChI is InChI=1S/C10H16/c1-3-10-5-7-4-8(10)9(10)6(7)2/h6-9H,3-5H2,1-2H3. The van der Waals surface area contributed by atoms with Gasteiger partial charge in [0.15, 0.2) is 0 Å². The van der Waals surface area contributed by atoms with E-state index >= 15 is 0 Å². The van der Waals surface area contributed by atoms with Crippen molar-refractivity contribution >= 4 is 0 Å². The van der Waals surface area contributed by atoms with Gasteiger partial charge in [0.05, 0.1) is 0 Å². The molecule has 5 atom stereocenters. The van der Waals surface area contributed by atoms with Gasteiger partial charge in [-0.25, -0.2) is 0 Å². The molecule has 4 rings (SSSR count). The Morgan fingerprint density at radius 2 is 2.30 bits per heavy atom. The molecule has 0 N–H and O–H groups in total. The van der Waals surface area contributed by atoms with Crippen LogP contribution in [0.1, 0.15) is 33.1 Å². The fourth-order valence-corrected chi connectivity index (χ4v) is 4.40. The Labute approximate surface area is 63.0 Å². The highest BCUT2D eigenvalue weighted by molar-refractivity contribution is 5.24. The van der Waals surface area contributed by atoms with E-state index in [4.69, 9.17) is 0 Å². The SMILES string of the molecule is CCC12CC3CC1C2C3C. The maximum absolute atomic E-state index is 2.49. The molecule has 0 aromatic rings. The monoisotopic (exact) mass is 136 g/mol. The molecule has 0 saturated heterocycles. The molecule has 4 aliphatic rings. The van der Waals surface area contributed by atoms with Gasteiger partial charge >= 0.3 is 0 Å². The van der Waals surface area contributed by atoms with Gasteiger partial charge in [0.25, 0.3) is 0 Å². The third-order valence-corrected chi connectivity index (χ3v) is 4.89. The molecule has 0 aromatic carbocycles. The van der Waals surface area contributed by atoms with Gasteiger partial charge in [-0.3, -0.25) is 0 Å². The molecule has 0 nitrogen and oxygen atoms in total. The van der Waals surface area contributed by atoms with Crippen LogP contribution in [0.2, 0.25) is 0 Å². The second-order valence-corrected chi connectivity index (χ2v) is 4.78. The molecule has 4 aliphatic carbocycles. The van der Waals surface area contributed by atoms with Crippen molar-refractivity contribution in [3.63, 3.8) is 0 Å². The van der Waals surface area contributed by atoms with E-state index in [1.165, 1.54) is 18.3 Å². The lowest BCUT2D eigenvalue weighted by molar-refractivity contribution is 0.449. The summed E-state index contributed by atoms with van der Waals surface area (Å²) < 4.78 is 0. The Morgan fingerprint density at radius 3 is 2.50 bits per heavy atom. The summed E-state index contributed by atoms with van der Waals surface area (Å²) in [7, 11) is 0. The molecule has 0 spiro atoms. The minimum absolute atomic E-state index is 0.907. The summed E-state index contributed by atoms with van der Waals surface area (Å²) in [5, 5.41) is 0. The molecule has 0 aliphatic heterocycles. The third-order valence-electron chi connectivity index (χ3n) is 4.89. The first-order valence-electron chi connectivity index (χ1n) is 4.79. The summed E-state index contributed by atoms with van der Waals surface area (Å²) >= 11 is 0. The van der Waals surface area contributed by atoms with Crippen LogP contribution in [-0.2, 0) is 0 Å². The van der Waals surface area contributed by atoms with Gasteiger partial charge in [-0.1, -0.05) is 13.8 Å². The van der Waals surface area contributed by atoms with E-state index in [1.807, 2.05) is 0 Å². The van der Waals surface area contributed by atoms with Crippen molar-refractivity contribution in [2.75, 3.05) is 0 Å². The minimum atomic E-state index is 0.907. The lowest BCUT2D eigenvalue weighted by Gasteiger charge is -2.04. The molecule has 0 aromatic heterocycles. The second kappa shape index (κ2) is 1.31. The van der Waals surface area contributed by atoms with Crippen LogP contribution in [0.15, 0.2) is 0 Å². The van der Waals surface area contributed by atoms with Crippen molar-refractivity contribution in [3.05, 3.63) is 0 Å². The van der Waals surface area contributed by atoms with Gasteiger partial charge in [0, 0.05) is 0 Å². The van der Waals surface area contributed by atoms with E-state index < -0.39 is 0 Å². The zero-order valence-electron chi connectivity index (χ0n) is 6.93. The Bertz CT molecular complexity index is 184. The van der Waals surface area contributed by atoms with Crippen LogP contribution >= 0.6 is 0 Å². The van der Waals surface area contributed by atoms with E-state index in [0.29, 0.717) is 0 Å². The van der Waals surface area contributed by atoms with Gasteiger partial charge < -0.3 is 0 Å². The molecule has 0 heterocycles. The van der Waals surface area contributed by atoms with Crippen LogP contribution in [0.5, 0.6) is 0 Å². The number of hydrogen-bond acceptors (Lipinski definition) is 0. The van der Waals surface area contributed by atoms with E-state index in [9.17, 15) is 0 Å². The highest BCUT2D eigenvalue weighted by Crippen LogP contribution is 2.82. The topological polar surface area (TPSA) is 0 Å². The molecule has 4 bridgehead atoms. The molecule has 56 valence electrons. The first-order chi connectivity index (χ1) is 4.79. The van der Waals surface area contributed by atoms with Crippen LogP contribution in [0, 0.1) is 29.1 Å². The minimum Gasteiger partial charge on any atom is -0.0648 e. The first-order valence-corrected chi connectivity index (χ1v) is 4.79. The highest BCUT2D eigenvalue weighted by atomic mass is 14.8. The Morgan fingerprint density at radius 1 is 1.50 bits per heavy atom. The average molecular weight is 136 g/mol. The van der Waals surface area contributed by atoms with Gasteiger partial charge in [0.1, 0.15) is 0 Å². The summed E-state index contributed by atoms with van der Waals surface area (Å²) in [5.41, 5.74) is 0.907. The molecular weight excluding hydrogens is 120 g/mol. The molecule has 5 unspecified atom stereocenters. The predicted octanol–water partition coefficient (Wildman–Crippen LogP) is 2.69. The predicted molar refractivity (Wildman–Crippen MR) is 41.6 cm³/mol. The van der Waals surface area contributed by atoms with Gasteiger partial charge in [0.2, 0.25) is 0 Å². The van der Waals surface area contributed by atoms with Crippen LogP contribution in [0.3, 0.4) is 0 Å². The Kier molecular flexibility index (Phi) is 0.735. The van der Waals surface area contributed by atoms with E-state index in [-0.39, 0.29) is 0 Å². The van der Waals surface area contributed by atoms with Gasteiger partial charge in [-0.05, 0) is 48.3 Å². The lowest BCUT2D eigenvalue weighted by atomic mass is 10.0. The number of hydrogen-bond donors (Lipinski definition) is 0. The quantitative estimate of drug-likeness (QED) is 0.520. The smallest absolute Gasteiger partial charge is 0.0232 e. The van der Waals surface area contributed by atoms with Gasteiger partial charge in [-0.15, -0.1) is 0 Å². The van der Waals surface area contributed by atoms with Crippen molar-refractivity contribution in [1.82, 2.24) is 0 Å². The maximum atomic E-state index is 2.49. The first kappa shape index (κ1) is 5.62. The molecular formula is C10H16. The van der Waals surface area contributed by atoms with Gasteiger partial charge in [-0.2, -0.15) is 0 Å². The molecule has 4 saturated carbocycles. The Hall–Kier alpha value is 0. The lowest BCUT2D eigenvalue weighted by Crippen LogP contribution is -1.97. The third kappa shape index (κ3) is 0.339. The van der Waals surface area contributed by atoms with Crippen molar-refractivity contribution in [3.8, 4) is 0 Å². The summed E-state index contributed by atoms with van der Waals surface area (Å²) in [5.74, 6) is 4.62. The molecule has 4 fully saturated rings. The normalized spacial score (nSPS) is 69.0. The second-order valence-electron chi connectivity index (χ2n) is 4.78. The molecule has 0 radical (unpaired) electrons. The average Bonchev–Trinajstić information content (AvgIpc) is 2.36. The molecule has 0 heteroatoms. The van der Waals surface area contributed by atoms with Crippen LogP contribution in [0.25, 0.3) is 0 Å². The van der Waals surface area contributed by atoms with Crippen molar-refractivity contribution in [2.45, 2.75) is 33.1 Å². The molecule has 0 amide bonds. The van der Waals surface area contributed by atoms with E-state index in [0.717, 1.165) is 17.3 Å². The van der Waals surface area contributed by atoms with Crippen LogP contribution in [-0.4, -0.2) is 0 Å².